The van der Waals surface area contributed by atoms with Crippen LogP contribution in [0.15, 0.2) is 34.9 Å². The molecule has 1 heterocycles. The first-order valence-corrected chi connectivity index (χ1v) is 6.65. The number of aromatic nitrogens is 2. The fraction of sp³-hybridized carbons (Fsp3) is 0.182. The molecule has 0 aliphatic carbocycles. The molecule has 5 heteroatoms. The molecule has 0 bridgehead atoms. The molecule has 3 nitrogen and oxygen atoms in total. The SMILES string of the molecule is Cn1nccc1C(N)c1cc(I)ccc1Br. The first-order chi connectivity index (χ1) is 7.59. The number of aryl methyl sites for hydroxylation is 1. The lowest BCUT2D eigenvalue weighted by atomic mass is 10.1. The van der Waals surface area contributed by atoms with E-state index in [1.165, 1.54) is 3.57 Å². The highest BCUT2D eigenvalue weighted by molar-refractivity contribution is 14.1. The molecule has 0 aliphatic heterocycles. The summed E-state index contributed by atoms with van der Waals surface area (Å²) in [5, 5.41) is 4.13. The molecule has 1 aromatic heterocycles. The predicted octanol–water partition coefficient (Wildman–Crippen LogP) is 2.84. The second-order valence-corrected chi connectivity index (χ2v) is 5.62. The molecule has 2 aromatic rings. The van der Waals surface area contributed by atoms with Gasteiger partial charge in [-0.05, 0) is 52.4 Å². The third-order valence-electron chi connectivity index (χ3n) is 2.47. The summed E-state index contributed by atoms with van der Waals surface area (Å²) in [6.07, 6.45) is 1.76. The van der Waals surface area contributed by atoms with Crippen molar-refractivity contribution in [1.29, 1.82) is 0 Å². The highest BCUT2D eigenvalue weighted by atomic mass is 127. The van der Waals surface area contributed by atoms with E-state index in [2.05, 4.69) is 49.7 Å². The molecule has 0 fully saturated rings. The first-order valence-electron chi connectivity index (χ1n) is 4.78. The zero-order chi connectivity index (χ0) is 11.7. The molecule has 0 amide bonds. The number of nitrogens with zero attached hydrogens (tertiary/aromatic N) is 2. The van der Waals surface area contributed by atoms with Gasteiger partial charge in [0.2, 0.25) is 0 Å². The zero-order valence-corrected chi connectivity index (χ0v) is 12.4. The quantitative estimate of drug-likeness (QED) is 0.800. The van der Waals surface area contributed by atoms with E-state index < -0.39 is 0 Å². The van der Waals surface area contributed by atoms with Crippen molar-refractivity contribution in [3.8, 4) is 0 Å². The van der Waals surface area contributed by atoms with E-state index in [1.54, 1.807) is 10.9 Å². The largest absolute Gasteiger partial charge is 0.319 e. The van der Waals surface area contributed by atoms with Gasteiger partial charge < -0.3 is 5.73 Å². The molecule has 84 valence electrons. The van der Waals surface area contributed by atoms with Gasteiger partial charge >= 0.3 is 0 Å². The van der Waals surface area contributed by atoms with Gasteiger partial charge in [-0.2, -0.15) is 5.10 Å². The molecule has 1 unspecified atom stereocenters. The Morgan fingerprint density at radius 1 is 1.44 bits per heavy atom. The van der Waals surface area contributed by atoms with Crippen molar-refractivity contribution in [2.75, 3.05) is 0 Å². The van der Waals surface area contributed by atoms with Crippen molar-refractivity contribution >= 4 is 38.5 Å². The van der Waals surface area contributed by atoms with Crippen molar-refractivity contribution in [2.45, 2.75) is 6.04 Å². The highest BCUT2D eigenvalue weighted by Gasteiger charge is 2.15. The molecular formula is C11H11BrIN3. The average Bonchev–Trinajstić information content (AvgIpc) is 2.67. The Hall–Kier alpha value is -0.400. The van der Waals surface area contributed by atoms with Crippen LogP contribution in [0.25, 0.3) is 0 Å². The average molecular weight is 392 g/mol. The molecule has 0 aliphatic rings. The van der Waals surface area contributed by atoms with Crippen molar-refractivity contribution in [3.05, 3.63) is 49.8 Å². The van der Waals surface area contributed by atoms with Gasteiger partial charge in [-0.3, -0.25) is 4.68 Å². The molecule has 0 saturated carbocycles. The van der Waals surface area contributed by atoms with Crippen LogP contribution in [0.3, 0.4) is 0 Å². The molecule has 1 aromatic carbocycles. The fourth-order valence-electron chi connectivity index (χ4n) is 1.60. The number of hydrogen-bond donors (Lipinski definition) is 1. The maximum Gasteiger partial charge on any atom is 0.0734 e. The lowest BCUT2D eigenvalue weighted by Gasteiger charge is -2.14. The number of nitrogens with two attached hydrogens (primary N) is 1. The lowest BCUT2D eigenvalue weighted by molar-refractivity contribution is 0.672. The van der Waals surface area contributed by atoms with Crippen LogP contribution in [-0.4, -0.2) is 9.78 Å². The predicted molar refractivity (Wildman–Crippen MR) is 76.1 cm³/mol. The van der Waals surface area contributed by atoms with Gasteiger partial charge in [0.05, 0.1) is 11.7 Å². The van der Waals surface area contributed by atoms with Crippen LogP contribution < -0.4 is 5.73 Å². The fourth-order valence-corrected chi connectivity index (χ4v) is 2.61. The Labute approximate surface area is 116 Å². The Bertz CT molecular complexity index is 510. The summed E-state index contributed by atoms with van der Waals surface area (Å²) in [4.78, 5) is 0. The van der Waals surface area contributed by atoms with E-state index in [0.29, 0.717) is 0 Å². The monoisotopic (exact) mass is 391 g/mol. The maximum absolute atomic E-state index is 6.24. The maximum atomic E-state index is 6.24. The van der Waals surface area contributed by atoms with Crippen LogP contribution in [0.2, 0.25) is 0 Å². The van der Waals surface area contributed by atoms with Gasteiger partial charge in [0.25, 0.3) is 0 Å². The normalized spacial score (nSPS) is 12.8. The molecule has 16 heavy (non-hydrogen) atoms. The minimum Gasteiger partial charge on any atom is -0.319 e. The summed E-state index contributed by atoms with van der Waals surface area (Å²) in [7, 11) is 1.90. The minimum atomic E-state index is -0.156. The zero-order valence-electron chi connectivity index (χ0n) is 8.69. The van der Waals surface area contributed by atoms with Crippen molar-refractivity contribution in [3.63, 3.8) is 0 Å². The molecule has 2 rings (SSSR count). The Morgan fingerprint density at radius 3 is 2.81 bits per heavy atom. The van der Waals surface area contributed by atoms with E-state index in [-0.39, 0.29) is 6.04 Å². The number of hydrogen-bond acceptors (Lipinski definition) is 2. The molecule has 0 saturated heterocycles. The summed E-state index contributed by atoms with van der Waals surface area (Å²) < 4.78 is 4.01. The molecule has 1 atom stereocenters. The Balaban J connectivity index is 2.45. The standard InChI is InChI=1S/C11H11BrIN3/c1-16-10(4-5-15-16)11(14)8-6-7(13)2-3-9(8)12/h2-6,11H,14H2,1H3. The summed E-state index contributed by atoms with van der Waals surface area (Å²) >= 11 is 5.81. The van der Waals surface area contributed by atoms with Gasteiger partial charge in [0, 0.05) is 21.3 Å². The van der Waals surface area contributed by atoms with E-state index >= 15 is 0 Å². The summed E-state index contributed by atoms with van der Waals surface area (Å²) in [5.74, 6) is 0. The highest BCUT2D eigenvalue weighted by Crippen LogP contribution is 2.27. The first kappa shape index (κ1) is 12.1. The Kier molecular flexibility index (Phi) is 3.66. The smallest absolute Gasteiger partial charge is 0.0734 e. The Morgan fingerprint density at radius 2 is 2.19 bits per heavy atom. The van der Waals surface area contributed by atoms with E-state index in [0.717, 1.165) is 15.7 Å². The van der Waals surface area contributed by atoms with Crippen LogP contribution in [0.5, 0.6) is 0 Å². The van der Waals surface area contributed by atoms with E-state index in [4.69, 9.17) is 5.73 Å². The van der Waals surface area contributed by atoms with Crippen LogP contribution in [0.4, 0.5) is 0 Å². The van der Waals surface area contributed by atoms with Gasteiger partial charge in [-0.25, -0.2) is 0 Å². The lowest BCUT2D eigenvalue weighted by Crippen LogP contribution is -2.16. The second kappa shape index (κ2) is 4.85. The van der Waals surface area contributed by atoms with Crippen LogP contribution >= 0.6 is 38.5 Å². The van der Waals surface area contributed by atoms with Crippen molar-refractivity contribution in [2.24, 2.45) is 12.8 Å². The van der Waals surface area contributed by atoms with Gasteiger partial charge in [-0.15, -0.1) is 0 Å². The third kappa shape index (κ3) is 2.31. The van der Waals surface area contributed by atoms with Crippen molar-refractivity contribution in [1.82, 2.24) is 9.78 Å². The summed E-state index contributed by atoms with van der Waals surface area (Å²) in [5.41, 5.74) is 8.32. The molecular weight excluding hydrogens is 381 g/mol. The van der Waals surface area contributed by atoms with Gasteiger partial charge in [0.15, 0.2) is 0 Å². The van der Waals surface area contributed by atoms with Crippen LogP contribution in [0.1, 0.15) is 17.3 Å². The van der Waals surface area contributed by atoms with E-state index in [9.17, 15) is 0 Å². The number of benzene rings is 1. The number of rotatable bonds is 2. The minimum absolute atomic E-state index is 0.156. The second-order valence-electron chi connectivity index (χ2n) is 3.52. The topological polar surface area (TPSA) is 43.8 Å². The van der Waals surface area contributed by atoms with Crippen LogP contribution in [-0.2, 0) is 7.05 Å². The number of halogens is 2. The summed E-state index contributed by atoms with van der Waals surface area (Å²) in [6.45, 7) is 0. The van der Waals surface area contributed by atoms with Gasteiger partial charge in [0.1, 0.15) is 0 Å². The van der Waals surface area contributed by atoms with Crippen molar-refractivity contribution < 1.29 is 0 Å². The molecule has 2 N–H and O–H groups in total. The molecule has 0 spiro atoms. The third-order valence-corrected chi connectivity index (χ3v) is 3.86. The van der Waals surface area contributed by atoms with E-state index in [1.807, 2.05) is 25.2 Å². The van der Waals surface area contributed by atoms with Gasteiger partial charge in [-0.1, -0.05) is 15.9 Å². The molecule has 0 radical (unpaired) electrons. The summed E-state index contributed by atoms with van der Waals surface area (Å²) in [6, 6.07) is 7.94. The van der Waals surface area contributed by atoms with Crippen LogP contribution in [0, 0.1) is 3.57 Å².